The summed E-state index contributed by atoms with van der Waals surface area (Å²) in [5.74, 6) is -0.266. The summed E-state index contributed by atoms with van der Waals surface area (Å²) in [5.41, 5.74) is 1.19. The van der Waals surface area contributed by atoms with Crippen molar-refractivity contribution in [1.29, 1.82) is 0 Å². The summed E-state index contributed by atoms with van der Waals surface area (Å²) in [6.45, 7) is 5.23. The molecular formula is C16H26N3O2S+. The first-order chi connectivity index (χ1) is 10.5. The molecule has 1 aromatic carbocycles. The van der Waals surface area contributed by atoms with Crippen molar-refractivity contribution in [3.05, 3.63) is 29.8 Å². The first kappa shape index (κ1) is 18.5. The van der Waals surface area contributed by atoms with Crippen molar-refractivity contribution in [1.82, 2.24) is 10.6 Å². The third-order valence-corrected chi connectivity index (χ3v) is 3.99. The van der Waals surface area contributed by atoms with Crippen LogP contribution >= 0.6 is 11.8 Å². The van der Waals surface area contributed by atoms with E-state index in [9.17, 15) is 9.59 Å². The molecule has 0 aliphatic rings. The van der Waals surface area contributed by atoms with Crippen LogP contribution in [-0.2, 0) is 16.1 Å². The Labute approximate surface area is 136 Å². The molecule has 1 unspecified atom stereocenters. The third-order valence-electron chi connectivity index (χ3n) is 3.25. The Morgan fingerprint density at radius 2 is 1.91 bits per heavy atom. The minimum atomic E-state index is -0.499. The van der Waals surface area contributed by atoms with E-state index in [0.29, 0.717) is 13.1 Å². The Balaban J connectivity index is 2.41. The molecule has 5 nitrogen and oxygen atoms in total. The van der Waals surface area contributed by atoms with Gasteiger partial charge in [-0.1, -0.05) is 12.1 Å². The second kappa shape index (κ2) is 9.48. The minimum Gasteiger partial charge on any atom is -0.355 e. The standard InChI is InChI=1S/C16H25N3O2S/c1-5-17-16(21)12(2)18-15(20)11-19(3)10-13-6-8-14(22-4)9-7-13/h6-9,12H,5,10-11H2,1-4H3,(H,17,21)(H,18,20)/p+1/t12-/m1/s1. The van der Waals surface area contributed by atoms with Gasteiger partial charge in [-0.15, -0.1) is 11.8 Å². The van der Waals surface area contributed by atoms with Gasteiger partial charge in [-0.3, -0.25) is 9.59 Å². The zero-order chi connectivity index (χ0) is 16.5. The van der Waals surface area contributed by atoms with Gasteiger partial charge >= 0.3 is 0 Å². The average molecular weight is 324 g/mol. The maximum Gasteiger partial charge on any atom is 0.275 e. The molecule has 6 heteroatoms. The Bertz CT molecular complexity index is 491. The summed E-state index contributed by atoms with van der Waals surface area (Å²) >= 11 is 1.71. The summed E-state index contributed by atoms with van der Waals surface area (Å²) in [6, 6.07) is 7.85. The molecule has 1 aromatic rings. The Morgan fingerprint density at radius 3 is 2.45 bits per heavy atom. The smallest absolute Gasteiger partial charge is 0.275 e. The largest absolute Gasteiger partial charge is 0.355 e. The molecule has 0 spiro atoms. The number of hydrogen-bond acceptors (Lipinski definition) is 3. The fourth-order valence-corrected chi connectivity index (χ4v) is 2.52. The van der Waals surface area contributed by atoms with E-state index in [-0.39, 0.29) is 11.8 Å². The lowest BCUT2D eigenvalue weighted by atomic mass is 10.2. The van der Waals surface area contributed by atoms with Gasteiger partial charge in [0.05, 0.1) is 7.05 Å². The van der Waals surface area contributed by atoms with Gasteiger partial charge < -0.3 is 15.5 Å². The van der Waals surface area contributed by atoms with Gasteiger partial charge in [0.1, 0.15) is 12.6 Å². The third kappa shape index (κ3) is 6.49. The lowest BCUT2D eigenvalue weighted by Crippen LogP contribution is -3.09. The number of carbonyl (C=O) groups excluding carboxylic acids is 2. The molecule has 3 N–H and O–H groups in total. The van der Waals surface area contributed by atoms with Crippen molar-refractivity contribution in [3.63, 3.8) is 0 Å². The summed E-state index contributed by atoms with van der Waals surface area (Å²) in [4.78, 5) is 25.8. The van der Waals surface area contributed by atoms with Gasteiger partial charge in [-0.05, 0) is 32.2 Å². The number of rotatable bonds is 8. The predicted molar refractivity (Wildman–Crippen MR) is 90.0 cm³/mol. The normalized spacial score (nSPS) is 13.3. The summed E-state index contributed by atoms with van der Waals surface area (Å²) in [6.07, 6.45) is 2.05. The molecular weight excluding hydrogens is 298 g/mol. The van der Waals surface area contributed by atoms with Crippen LogP contribution in [0.3, 0.4) is 0 Å². The van der Waals surface area contributed by atoms with E-state index in [0.717, 1.165) is 11.4 Å². The second-order valence-corrected chi connectivity index (χ2v) is 6.22. The van der Waals surface area contributed by atoms with Crippen molar-refractivity contribution < 1.29 is 14.5 Å². The van der Waals surface area contributed by atoms with E-state index < -0.39 is 6.04 Å². The fourth-order valence-electron chi connectivity index (χ4n) is 2.11. The summed E-state index contributed by atoms with van der Waals surface area (Å²) < 4.78 is 0. The predicted octanol–water partition coefficient (Wildman–Crippen LogP) is 0.0640. The number of nitrogens with one attached hydrogen (secondary N) is 3. The van der Waals surface area contributed by atoms with E-state index in [1.807, 2.05) is 20.2 Å². The number of hydrogen-bond donors (Lipinski definition) is 3. The number of amides is 2. The highest BCUT2D eigenvalue weighted by molar-refractivity contribution is 7.98. The maximum atomic E-state index is 11.9. The van der Waals surface area contributed by atoms with Crippen LogP contribution in [0.1, 0.15) is 19.4 Å². The maximum absolute atomic E-state index is 11.9. The summed E-state index contributed by atoms with van der Waals surface area (Å²) in [5, 5.41) is 5.42. The molecule has 2 amide bonds. The Hall–Kier alpha value is -1.53. The van der Waals surface area contributed by atoms with E-state index >= 15 is 0 Å². The molecule has 0 fully saturated rings. The van der Waals surface area contributed by atoms with Gasteiger partial charge in [0.25, 0.3) is 5.91 Å². The zero-order valence-electron chi connectivity index (χ0n) is 13.7. The molecule has 0 aliphatic heterocycles. The molecule has 2 atom stereocenters. The molecule has 0 aliphatic carbocycles. The topological polar surface area (TPSA) is 62.6 Å². The van der Waals surface area contributed by atoms with Gasteiger partial charge in [0.15, 0.2) is 6.54 Å². The zero-order valence-corrected chi connectivity index (χ0v) is 14.5. The van der Waals surface area contributed by atoms with E-state index in [2.05, 4.69) is 34.9 Å². The summed E-state index contributed by atoms with van der Waals surface area (Å²) in [7, 11) is 1.97. The number of likely N-dealkylation sites (N-methyl/N-ethyl adjacent to an activating group) is 2. The molecule has 0 saturated carbocycles. The van der Waals surface area contributed by atoms with E-state index in [1.165, 1.54) is 10.5 Å². The first-order valence-corrected chi connectivity index (χ1v) is 8.70. The lowest BCUT2D eigenvalue weighted by molar-refractivity contribution is -0.885. The van der Waals surface area contributed by atoms with Crippen LogP contribution in [-0.4, -0.2) is 44.2 Å². The molecule has 0 radical (unpaired) electrons. The van der Waals surface area contributed by atoms with Crippen LogP contribution in [0.4, 0.5) is 0 Å². The van der Waals surface area contributed by atoms with Gasteiger partial charge in [0.2, 0.25) is 5.91 Å². The van der Waals surface area contributed by atoms with Crippen LogP contribution in [0, 0.1) is 0 Å². The molecule has 22 heavy (non-hydrogen) atoms. The monoisotopic (exact) mass is 324 g/mol. The van der Waals surface area contributed by atoms with Crippen molar-refractivity contribution in [2.75, 3.05) is 26.4 Å². The number of benzene rings is 1. The molecule has 0 saturated heterocycles. The molecule has 1 rings (SSSR count). The van der Waals surface area contributed by atoms with E-state index in [1.54, 1.807) is 18.7 Å². The van der Waals surface area contributed by atoms with Gasteiger partial charge in [-0.2, -0.15) is 0 Å². The second-order valence-electron chi connectivity index (χ2n) is 5.34. The first-order valence-electron chi connectivity index (χ1n) is 7.47. The van der Waals surface area contributed by atoms with Crippen molar-refractivity contribution >= 4 is 23.6 Å². The molecule has 122 valence electrons. The molecule has 0 bridgehead atoms. The Morgan fingerprint density at radius 1 is 1.27 bits per heavy atom. The van der Waals surface area contributed by atoms with Crippen molar-refractivity contribution in [2.45, 2.75) is 31.3 Å². The van der Waals surface area contributed by atoms with Crippen LogP contribution in [0.15, 0.2) is 29.2 Å². The van der Waals surface area contributed by atoms with Crippen LogP contribution in [0.25, 0.3) is 0 Å². The fraction of sp³-hybridized carbons (Fsp3) is 0.500. The van der Waals surface area contributed by atoms with Gasteiger partial charge in [-0.25, -0.2) is 0 Å². The Kier molecular flexibility index (Phi) is 7.98. The quantitative estimate of drug-likeness (QED) is 0.593. The van der Waals surface area contributed by atoms with Crippen molar-refractivity contribution in [2.24, 2.45) is 0 Å². The van der Waals surface area contributed by atoms with Gasteiger partial charge in [0, 0.05) is 17.0 Å². The molecule has 0 aromatic heterocycles. The van der Waals surface area contributed by atoms with E-state index in [4.69, 9.17) is 0 Å². The van der Waals surface area contributed by atoms with Crippen molar-refractivity contribution in [3.8, 4) is 0 Å². The van der Waals surface area contributed by atoms with Crippen LogP contribution in [0.5, 0.6) is 0 Å². The number of quaternary nitrogens is 1. The highest BCUT2D eigenvalue weighted by Crippen LogP contribution is 2.14. The molecule has 0 heterocycles. The number of carbonyl (C=O) groups is 2. The SMILES string of the molecule is CCNC(=O)[C@@H](C)NC(=O)C[NH+](C)Cc1ccc(SC)cc1. The highest BCUT2D eigenvalue weighted by Gasteiger charge is 2.17. The minimum absolute atomic E-state index is 0.114. The van der Waals surface area contributed by atoms with Crippen LogP contribution in [0.2, 0.25) is 0 Å². The van der Waals surface area contributed by atoms with Crippen LogP contribution < -0.4 is 15.5 Å². The average Bonchev–Trinajstić information content (AvgIpc) is 2.47. The number of thioether (sulfide) groups is 1. The highest BCUT2D eigenvalue weighted by atomic mass is 32.2. The lowest BCUT2D eigenvalue weighted by Gasteiger charge is -2.17.